The first kappa shape index (κ1) is 13.3. The molecule has 18 heavy (non-hydrogen) atoms. The zero-order valence-corrected chi connectivity index (χ0v) is 12.0. The second kappa shape index (κ2) is 5.65. The molecule has 2 aromatic carbocycles. The van der Waals surface area contributed by atoms with Crippen molar-refractivity contribution in [2.45, 2.75) is 13.5 Å². The Hall–Kier alpha value is -1.17. The Morgan fingerprint density at radius 2 is 1.89 bits per heavy atom. The number of anilines is 1. The molecule has 0 bridgehead atoms. The Labute approximate surface area is 118 Å². The van der Waals surface area contributed by atoms with Crippen LogP contribution >= 0.6 is 22.6 Å². The van der Waals surface area contributed by atoms with Gasteiger partial charge in [0.25, 0.3) is 0 Å². The Morgan fingerprint density at radius 1 is 1.11 bits per heavy atom. The molecule has 0 spiro atoms. The standard InChI is InChI=1S/C14H12F2IN/c1-9-2-3-10(6-12(9)16)8-18-14-5-4-11(15)7-13(14)17/h2-7,18H,8H2,1H3. The summed E-state index contributed by atoms with van der Waals surface area (Å²) >= 11 is 2.06. The highest BCUT2D eigenvalue weighted by Crippen LogP contribution is 2.20. The largest absolute Gasteiger partial charge is 0.380 e. The first-order valence-electron chi connectivity index (χ1n) is 5.50. The molecule has 1 N–H and O–H groups in total. The molecule has 0 unspecified atom stereocenters. The summed E-state index contributed by atoms with van der Waals surface area (Å²) < 4.78 is 27.1. The zero-order chi connectivity index (χ0) is 13.1. The van der Waals surface area contributed by atoms with E-state index in [4.69, 9.17) is 0 Å². The van der Waals surface area contributed by atoms with Crippen LogP contribution in [0.5, 0.6) is 0 Å². The molecule has 0 fully saturated rings. The van der Waals surface area contributed by atoms with Crippen LogP contribution in [0.4, 0.5) is 14.5 Å². The third kappa shape index (κ3) is 3.19. The third-order valence-corrected chi connectivity index (χ3v) is 3.54. The van der Waals surface area contributed by atoms with Gasteiger partial charge in [-0.05, 0) is 64.9 Å². The predicted molar refractivity (Wildman–Crippen MR) is 77.6 cm³/mol. The summed E-state index contributed by atoms with van der Waals surface area (Å²) in [4.78, 5) is 0. The summed E-state index contributed by atoms with van der Waals surface area (Å²) in [5.74, 6) is -0.463. The van der Waals surface area contributed by atoms with Crippen molar-refractivity contribution in [1.29, 1.82) is 0 Å². The lowest BCUT2D eigenvalue weighted by Gasteiger charge is -2.09. The van der Waals surface area contributed by atoms with Crippen molar-refractivity contribution >= 4 is 28.3 Å². The van der Waals surface area contributed by atoms with Crippen molar-refractivity contribution in [1.82, 2.24) is 0 Å². The molecule has 0 radical (unpaired) electrons. The van der Waals surface area contributed by atoms with Crippen LogP contribution in [0.3, 0.4) is 0 Å². The molecule has 0 amide bonds. The van der Waals surface area contributed by atoms with Gasteiger partial charge in [0.15, 0.2) is 0 Å². The minimum atomic E-state index is -0.258. The quantitative estimate of drug-likeness (QED) is 0.797. The van der Waals surface area contributed by atoms with Gasteiger partial charge in [0.1, 0.15) is 11.6 Å². The van der Waals surface area contributed by atoms with Gasteiger partial charge >= 0.3 is 0 Å². The molecule has 4 heteroatoms. The van der Waals surface area contributed by atoms with Crippen LogP contribution < -0.4 is 5.32 Å². The average molecular weight is 359 g/mol. The maximum atomic E-state index is 13.4. The summed E-state index contributed by atoms with van der Waals surface area (Å²) in [6.45, 7) is 2.24. The normalized spacial score (nSPS) is 10.4. The highest BCUT2D eigenvalue weighted by molar-refractivity contribution is 14.1. The van der Waals surface area contributed by atoms with E-state index in [2.05, 4.69) is 27.9 Å². The van der Waals surface area contributed by atoms with Crippen LogP contribution in [0.25, 0.3) is 0 Å². The molecule has 0 atom stereocenters. The number of halogens is 3. The Kier molecular flexibility index (Phi) is 4.16. The number of nitrogens with one attached hydrogen (secondary N) is 1. The second-order valence-corrected chi connectivity index (χ2v) is 5.22. The van der Waals surface area contributed by atoms with Gasteiger partial charge in [-0.15, -0.1) is 0 Å². The van der Waals surface area contributed by atoms with Gasteiger partial charge in [0, 0.05) is 15.8 Å². The first-order chi connectivity index (χ1) is 8.56. The number of hydrogen-bond acceptors (Lipinski definition) is 1. The molecule has 0 saturated heterocycles. The lowest BCUT2D eigenvalue weighted by molar-refractivity contribution is 0.616. The first-order valence-corrected chi connectivity index (χ1v) is 6.58. The molecule has 0 aliphatic rings. The number of benzene rings is 2. The van der Waals surface area contributed by atoms with Gasteiger partial charge in [0.2, 0.25) is 0 Å². The Balaban J connectivity index is 2.09. The van der Waals surface area contributed by atoms with Gasteiger partial charge in [-0.3, -0.25) is 0 Å². The summed E-state index contributed by atoms with van der Waals surface area (Å²) in [7, 11) is 0. The van der Waals surface area contributed by atoms with E-state index in [0.717, 1.165) is 14.8 Å². The monoisotopic (exact) mass is 359 g/mol. The van der Waals surface area contributed by atoms with Gasteiger partial charge in [-0.25, -0.2) is 8.78 Å². The van der Waals surface area contributed by atoms with Gasteiger partial charge in [-0.2, -0.15) is 0 Å². The van der Waals surface area contributed by atoms with Gasteiger partial charge < -0.3 is 5.32 Å². The topological polar surface area (TPSA) is 12.0 Å². The molecule has 0 aliphatic carbocycles. The molecule has 0 heterocycles. The molecular formula is C14H12F2IN. The van der Waals surface area contributed by atoms with Crippen molar-refractivity contribution in [2.75, 3.05) is 5.32 Å². The second-order valence-electron chi connectivity index (χ2n) is 4.06. The van der Waals surface area contributed by atoms with Crippen LogP contribution in [0.1, 0.15) is 11.1 Å². The van der Waals surface area contributed by atoms with Crippen molar-refractivity contribution in [3.05, 3.63) is 62.7 Å². The summed E-state index contributed by atoms with van der Waals surface area (Å²) in [6, 6.07) is 9.68. The van der Waals surface area contributed by atoms with Gasteiger partial charge in [-0.1, -0.05) is 12.1 Å². The smallest absolute Gasteiger partial charge is 0.126 e. The molecule has 1 nitrogen and oxygen atoms in total. The number of rotatable bonds is 3. The van der Waals surface area contributed by atoms with Crippen molar-refractivity contribution < 1.29 is 8.78 Å². The third-order valence-electron chi connectivity index (χ3n) is 2.65. The van der Waals surface area contributed by atoms with Crippen molar-refractivity contribution in [2.24, 2.45) is 0 Å². The van der Waals surface area contributed by atoms with Crippen LogP contribution in [0.15, 0.2) is 36.4 Å². The fourth-order valence-corrected chi connectivity index (χ4v) is 2.24. The Bertz CT molecular complexity index is 570. The van der Waals surface area contributed by atoms with Crippen molar-refractivity contribution in [3.63, 3.8) is 0 Å². The van der Waals surface area contributed by atoms with Crippen LogP contribution in [-0.2, 0) is 6.54 Å². The lowest BCUT2D eigenvalue weighted by Crippen LogP contribution is -2.02. The van der Waals surface area contributed by atoms with E-state index >= 15 is 0 Å². The van der Waals surface area contributed by atoms with E-state index in [1.54, 1.807) is 19.1 Å². The van der Waals surface area contributed by atoms with Crippen molar-refractivity contribution in [3.8, 4) is 0 Å². The fraction of sp³-hybridized carbons (Fsp3) is 0.143. The van der Waals surface area contributed by atoms with E-state index in [1.807, 2.05) is 6.07 Å². The van der Waals surface area contributed by atoms with Crippen LogP contribution in [-0.4, -0.2) is 0 Å². The van der Waals surface area contributed by atoms with Crippen LogP contribution in [0.2, 0.25) is 0 Å². The Morgan fingerprint density at radius 3 is 2.56 bits per heavy atom. The van der Waals surface area contributed by atoms with Gasteiger partial charge in [0.05, 0.1) is 0 Å². The molecule has 0 saturated carbocycles. The molecule has 2 aromatic rings. The average Bonchev–Trinajstić information content (AvgIpc) is 2.32. The number of aryl methyl sites for hydroxylation is 1. The molecule has 94 valence electrons. The highest BCUT2D eigenvalue weighted by atomic mass is 127. The van der Waals surface area contributed by atoms with E-state index < -0.39 is 0 Å². The SMILES string of the molecule is Cc1ccc(CNc2ccc(F)cc2I)cc1F. The zero-order valence-electron chi connectivity index (χ0n) is 9.81. The number of hydrogen-bond donors (Lipinski definition) is 1. The molecule has 0 aromatic heterocycles. The highest BCUT2D eigenvalue weighted by Gasteiger charge is 2.03. The maximum Gasteiger partial charge on any atom is 0.126 e. The van der Waals surface area contributed by atoms with Crippen LogP contribution in [0, 0.1) is 22.1 Å². The molecule has 2 rings (SSSR count). The minimum Gasteiger partial charge on any atom is -0.380 e. The lowest BCUT2D eigenvalue weighted by atomic mass is 10.1. The fourth-order valence-electron chi connectivity index (χ4n) is 1.58. The summed E-state index contributed by atoms with van der Waals surface area (Å²) in [5.41, 5.74) is 2.34. The maximum absolute atomic E-state index is 13.4. The minimum absolute atomic E-state index is 0.205. The molecule has 0 aliphatic heterocycles. The summed E-state index contributed by atoms with van der Waals surface area (Å²) in [5, 5.41) is 3.16. The van der Waals surface area contributed by atoms with E-state index in [1.165, 1.54) is 18.2 Å². The molecular weight excluding hydrogens is 347 g/mol. The van der Waals surface area contributed by atoms with E-state index in [0.29, 0.717) is 12.1 Å². The summed E-state index contributed by atoms with van der Waals surface area (Å²) in [6.07, 6.45) is 0. The van der Waals surface area contributed by atoms with E-state index in [-0.39, 0.29) is 11.6 Å². The predicted octanol–water partition coefficient (Wildman–Crippen LogP) is 4.49. The van der Waals surface area contributed by atoms with E-state index in [9.17, 15) is 8.78 Å².